The summed E-state index contributed by atoms with van der Waals surface area (Å²) in [5, 5.41) is 26.9. The smallest absolute Gasteiger partial charge is 0.414 e. The highest BCUT2D eigenvalue weighted by atomic mass is 19.1. The van der Waals surface area contributed by atoms with Crippen molar-refractivity contribution in [1.29, 1.82) is 5.26 Å². The van der Waals surface area contributed by atoms with E-state index in [2.05, 4.69) is 11.4 Å². The summed E-state index contributed by atoms with van der Waals surface area (Å²) in [6.07, 6.45) is 1.61. The molecule has 0 radical (unpaired) electrons. The first-order chi connectivity index (χ1) is 15.2. The quantitative estimate of drug-likeness (QED) is 0.415. The number of nitriles is 1. The minimum Gasteiger partial charge on any atom is -0.473 e. The molecule has 2 saturated heterocycles. The highest BCUT2D eigenvalue weighted by Gasteiger charge is 2.30. The van der Waals surface area contributed by atoms with Gasteiger partial charge in [0.15, 0.2) is 0 Å². The number of hydrogen-bond acceptors (Lipinski definition) is 6. The van der Waals surface area contributed by atoms with Crippen LogP contribution in [0.3, 0.4) is 0 Å². The number of likely N-dealkylation sites (tertiary alicyclic amines) is 1. The monoisotopic (exact) mass is 449 g/mol. The van der Waals surface area contributed by atoms with Gasteiger partial charge >= 0.3 is 18.0 Å². The van der Waals surface area contributed by atoms with Gasteiger partial charge in [-0.3, -0.25) is 9.69 Å². The van der Waals surface area contributed by atoms with Gasteiger partial charge in [0.05, 0.1) is 12.6 Å². The molecule has 0 aromatic heterocycles. The summed E-state index contributed by atoms with van der Waals surface area (Å²) >= 11 is 0. The number of urea groups is 1. The Morgan fingerprint density at radius 3 is 2.38 bits per heavy atom. The van der Waals surface area contributed by atoms with Crippen LogP contribution in [0, 0.1) is 17.1 Å². The van der Waals surface area contributed by atoms with E-state index in [1.54, 1.807) is 26.8 Å². The molecule has 172 valence electrons. The Balaban J connectivity index is 0.000000534. The van der Waals surface area contributed by atoms with E-state index in [4.69, 9.17) is 25.1 Å². The maximum absolute atomic E-state index is 13.0. The molecule has 1 aromatic carbocycles. The molecule has 0 aliphatic carbocycles. The summed E-state index contributed by atoms with van der Waals surface area (Å²) in [5.74, 6) is -4.05. The van der Waals surface area contributed by atoms with E-state index in [9.17, 15) is 14.0 Å². The van der Waals surface area contributed by atoms with Crippen LogP contribution >= 0.6 is 0 Å². The number of carboxylic acids is 2. The van der Waals surface area contributed by atoms with Crippen LogP contribution in [0.5, 0.6) is 0 Å². The molecule has 1 atom stereocenters. The Kier molecular flexibility index (Phi) is 8.91. The first kappa shape index (κ1) is 24.5. The Morgan fingerprint density at radius 2 is 1.78 bits per heavy atom. The molecule has 1 aromatic rings. The molecule has 2 heterocycles. The fourth-order valence-corrected chi connectivity index (χ4v) is 3.36. The topological polar surface area (TPSA) is 154 Å². The molecule has 2 aliphatic heterocycles. The number of amides is 3. The fourth-order valence-electron chi connectivity index (χ4n) is 3.36. The normalized spacial score (nSPS) is 17.6. The van der Waals surface area contributed by atoms with E-state index in [0.717, 1.165) is 12.8 Å². The molecule has 0 bridgehead atoms. The second kappa shape index (κ2) is 11.6. The van der Waals surface area contributed by atoms with Crippen molar-refractivity contribution < 1.29 is 33.8 Å². The van der Waals surface area contributed by atoms with E-state index in [1.807, 2.05) is 0 Å². The zero-order valence-corrected chi connectivity index (χ0v) is 17.2. The van der Waals surface area contributed by atoms with Crippen molar-refractivity contribution in [2.24, 2.45) is 0 Å². The molecule has 0 spiro atoms. The van der Waals surface area contributed by atoms with Crippen LogP contribution in [0.4, 0.5) is 14.9 Å². The van der Waals surface area contributed by atoms with Gasteiger partial charge in [-0.1, -0.05) is 0 Å². The molecule has 0 unspecified atom stereocenters. The molecule has 32 heavy (non-hydrogen) atoms. The minimum atomic E-state index is -1.82. The standard InChI is InChI=1S/C18H22FN5O2.C2H2O4/c19-14-3-5-15(6-4-14)24-11-10-22(18(24)26)9-7-21-13-17(25)23-8-1-2-16(23)12-20;3-1(4)2(5)6/h3-6,16,21H,1-2,7-11,13H2;(H,3,4)(H,5,6)/t16-;/m1./s1. The van der Waals surface area contributed by atoms with Crippen LogP contribution in [0.1, 0.15) is 12.8 Å². The third kappa shape index (κ3) is 6.64. The summed E-state index contributed by atoms with van der Waals surface area (Å²) < 4.78 is 13.0. The molecule has 0 saturated carbocycles. The maximum atomic E-state index is 13.0. The van der Waals surface area contributed by atoms with E-state index < -0.39 is 11.9 Å². The van der Waals surface area contributed by atoms with Gasteiger partial charge in [0.2, 0.25) is 5.91 Å². The number of hydrogen-bond donors (Lipinski definition) is 3. The van der Waals surface area contributed by atoms with Crippen molar-refractivity contribution in [1.82, 2.24) is 15.1 Å². The van der Waals surface area contributed by atoms with Crippen molar-refractivity contribution in [2.75, 3.05) is 44.2 Å². The van der Waals surface area contributed by atoms with E-state index in [1.165, 1.54) is 12.1 Å². The summed E-state index contributed by atoms with van der Waals surface area (Å²) in [7, 11) is 0. The molecule has 3 rings (SSSR count). The van der Waals surface area contributed by atoms with Gasteiger partial charge in [-0.25, -0.2) is 18.8 Å². The first-order valence-corrected chi connectivity index (χ1v) is 9.92. The van der Waals surface area contributed by atoms with Crippen LogP contribution in [0.2, 0.25) is 0 Å². The van der Waals surface area contributed by atoms with Crippen LogP contribution in [0.15, 0.2) is 24.3 Å². The van der Waals surface area contributed by atoms with E-state index in [0.29, 0.717) is 38.4 Å². The first-order valence-electron chi connectivity index (χ1n) is 9.92. The van der Waals surface area contributed by atoms with E-state index in [-0.39, 0.29) is 30.3 Å². The average molecular weight is 449 g/mol. The number of carbonyl (C=O) groups is 4. The zero-order chi connectivity index (χ0) is 23.7. The summed E-state index contributed by atoms with van der Waals surface area (Å²) in [5.41, 5.74) is 0.679. The largest absolute Gasteiger partial charge is 0.473 e. The lowest BCUT2D eigenvalue weighted by atomic mass is 10.2. The van der Waals surface area contributed by atoms with Gasteiger partial charge in [-0.2, -0.15) is 5.26 Å². The second-order valence-corrected chi connectivity index (χ2v) is 7.06. The van der Waals surface area contributed by atoms with Gasteiger partial charge in [0.25, 0.3) is 0 Å². The summed E-state index contributed by atoms with van der Waals surface area (Å²) in [6.45, 7) is 2.94. The second-order valence-electron chi connectivity index (χ2n) is 7.06. The lowest BCUT2D eigenvalue weighted by molar-refractivity contribution is -0.159. The predicted molar refractivity (Wildman–Crippen MR) is 109 cm³/mol. The molecule has 2 fully saturated rings. The fraction of sp³-hybridized carbons (Fsp3) is 0.450. The van der Waals surface area contributed by atoms with Crippen molar-refractivity contribution in [3.05, 3.63) is 30.1 Å². The highest BCUT2D eigenvalue weighted by molar-refractivity contribution is 6.27. The number of aliphatic carboxylic acids is 2. The van der Waals surface area contributed by atoms with E-state index >= 15 is 0 Å². The minimum absolute atomic E-state index is 0.0743. The number of halogens is 1. The zero-order valence-electron chi connectivity index (χ0n) is 17.2. The lowest BCUT2D eigenvalue weighted by Crippen LogP contribution is -2.43. The molecular formula is C20H24FN5O6. The number of rotatable bonds is 6. The summed E-state index contributed by atoms with van der Waals surface area (Å²) in [6, 6.07) is 7.59. The Hall–Kier alpha value is -3.72. The van der Waals surface area contributed by atoms with Gasteiger partial charge in [-0.05, 0) is 37.1 Å². The molecule has 2 aliphatic rings. The molecule has 3 amide bonds. The van der Waals surface area contributed by atoms with Gasteiger partial charge in [-0.15, -0.1) is 0 Å². The number of carboxylic acid groups (broad SMARTS) is 2. The molecule has 12 heteroatoms. The SMILES string of the molecule is N#C[C@H]1CCCN1C(=O)CNCCN1CCN(c2ccc(F)cc2)C1=O.O=C(O)C(=O)O. The molecule has 11 nitrogen and oxygen atoms in total. The van der Waals surface area contributed by atoms with Crippen molar-refractivity contribution in [3.63, 3.8) is 0 Å². The molecular weight excluding hydrogens is 425 g/mol. The third-order valence-electron chi connectivity index (χ3n) is 4.97. The van der Waals surface area contributed by atoms with Crippen molar-refractivity contribution in [3.8, 4) is 6.07 Å². The van der Waals surface area contributed by atoms with Crippen LogP contribution in [0.25, 0.3) is 0 Å². The lowest BCUT2D eigenvalue weighted by Gasteiger charge is -2.21. The Labute approximate surface area is 183 Å². The third-order valence-corrected chi connectivity index (χ3v) is 4.97. The number of benzene rings is 1. The number of anilines is 1. The Morgan fingerprint density at radius 1 is 1.12 bits per heavy atom. The van der Waals surface area contributed by atoms with Gasteiger partial charge < -0.3 is 25.3 Å². The number of nitrogens with zero attached hydrogens (tertiary/aromatic N) is 4. The number of carbonyl (C=O) groups excluding carboxylic acids is 2. The predicted octanol–water partition coefficient (Wildman–Crippen LogP) is 0.327. The molecule has 3 N–H and O–H groups in total. The van der Waals surface area contributed by atoms with Gasteiger partial charge in [0.1, 0.15) is 11.9 Å². The average Bonchev–Trinajstić information content (AvgIpc) is 3.39. The van der Waals surface area contributed by atoms with Crippen LogP contribution in [-0.4, -0.2) is 89.2 Å². The Bertz CT molecular complexity index is 875. The van der Waals surface area contributed by atoms with Crippen molar-refractivity contribution in [2.45, 2.75) is 18.9 Å². The van der Waals surface area contributed by atoms with Gasteiger partial charge in [0, 0.05) is 38.4 Å². The maximum Gasteiger partial charge on any atom is 0.414 e. The highest BCUT2D eigenvalue weighted by Crippen LogP contribution is 2.20. The van der Waals surface area contributed by atoms with Crippen LogP contribution < -0.4 is 10.2 Å². The summed E-state index contributed by atoms with van der Waals surface area (Å²) in [4.78, 5) is 47.7. The number of nitrogens with one attached hydrogen (secondary N) is 1. The van der Waals surface area contributed by atoms with Crippen molar-refractivity contribution >= 4 is 29.6 Å². The van der Waals surface area contributed by atoms with Crippen LogP contribution in [-0.2, 0) is 14.4 Å².